The number of aryl methyl sites for hydroxylation is 2. The molecule has 1 unspecified atom stereocenters. The number of nitrogens with one attached hydrogen (secondary N) is 1. The van der Waals surface area contributed by atoms with Crippen LogP contribution >= 0.6 is 15.9 Å². The number of amides is 1. The molecule has 6 heteroatoms. The molecule has 3 rings (SSSR count). The van der Waals surface area contributed by atoms with E-state index in [1.54, 1.807) is 11.6 Å². The van der Waals surface area contributed by atoms with E-state index in [0.29, 0.717) is 11.6 Å². The Morgan fingerprint density at radius 3 is 2.74 bits per heavy atom. The number of aromatic nitrogens is 3. The SMILES string of the molecule is Cc1cc(NC(=O)C(C)Br)n(-c2cc(C)c3ccccc3n2)n1. The first kappa shape index (κ1) is 15.7. The maximum atomic E-state index is 12.0. The fourth-order valence-corrected chi connectivity index (χ4v) is 2.54. The van der Waals surface area contributed by atoms with Gasteiger partial charge in [-0.3, -0.25) is 4.79 Å². The second-order valence-electron chi connectivity index (χ2n) is 5.50. The topological polar surface area (TPSA) is 59.8 Å². The molecule has 3 aromatic rings. The van der Waals surface area contributed by atoms with E-state index < -0.39 is 0 Å². The number of para-hydroxylation sites is 1. The molecule has 118 valence electrons. The van der Waals surface area contributed by atoms with Gasteiger partial charge in [-0.05, 0) is 38.5 Å². The van der Waals surface area contributed by atoms with Crippen LogP contribution in [0, 0.1) is 13.8 Å². The molecule has 0 aliphatic heterocycles. The lowest BCUT2D eigenvalue weighted by Crippen LogP contribution is -2.22. The van der Waals surface area contributed by atoms with E-state index in [0.717, 1.165) is 22.2 Å². The number of pyridine rings is 1. The first-order valence-electron chi connectivity index (χ1n) is 7.34. The van der Waals surface area contributed by atoms with Gasteiger partial charge in [0.2, 0.25) is 5.91 Å². The summed E-state index contributed by atoms with van der Waals surface area (Å²) in [6, 6.07) is 11.8. The van der Waals surface area contributed by atoms with Gasteiger partial charge < -0.3 is 5.32 Å². The summed E-state index contributed by atoms with van der Waals surface area (Å²) in [5.74, 6) is 1.18. The monoisotopic (exact) mass is 372 g/mol. The van der Waals surface area contributed by atoms with Gasteiger partial charge >= 0.3 is 0 Å². The summed E-state index contributed by atoms with van der Waals surface area (Å²) < 4.78 is 1.67. The van der Waals surface area contributed by atoms with E-state index in [2.05, 4.69) is 31.3 Å². The Bertz CT molecular complexity index is 885. The maximum Gasteiger partial charge on any atom is 0.239 e. The molecule has 0 saturated heterocycles. The first-order chi connectivity index (χ1) is 11.0. The third kappa shape index (κ3) is 3.12. The molecule has 0 radical (unpaired) electrons. The second-order valence-corrected chi connectivity index (χ2v) is 6.88. The molecule has 2 heterocycles. The summed E-state index contributed by atoms with van der Waals surface area (Å²) in [4.78, 5) is 16.4. The van der Waals surface area contributed by atoms with Crippen LogP contribution < -0.4 is 5.32 Å². The molecule has 1 aromatic carbocycles. The van der Waals surface area contributed by atoms with E-state index in [4.69, 9.17) is 0 Å². The molecule has 0 aliphatic carbocycles. The smallest absolute Gasteiger partial charge is 0.239 e. The van der Waals surface area contributed by atoms with Crippen molar-refractivity contribution >= 4 is 38.6 Å². The number of hydrogen-bond donors (Lipinski definition) is 1. The highest BCUT2D eigenvalue weighted by Gasteiger charge is 2.15. The summed E-state index contributed by atoms with van der Waals surface area (Å²) in [7, 11) is 0. The molecule has 0 aliphatic rings. The van der Waals surface area contributed by atoms with Crippen LogP contribution in [-0.4, -0.2) is 25.5 Å². The Labute approximate surface area is 142 Å². The average molecular weight is 373 g/mol. The third-order valence-corrected chi connectivity index (χ3v) is 3.99. The first-order valence-corrected chi connectivity index (χ1v) is 8.25. The third-order valence-electron chi connectivity index (χ3n) is 3.57. The normalized spacial score (nSPS) is 12.3. The van der Waals surface area contributed by atoms with Gasteiger partial charge in [0.25, 0.3) is 0 Å². The molecular formula is C17H17BrN4O. The second kappa shape index (κ2) is 6.12. The lowest BCUT2D eigenvalue weighted by molar-refractivity contribution is -0.115. The van der Waals surface area contributed by atoms with Crippen LogP contribution in [0.25, 0.3) is 16.7 Å². The Morgan fingerprint density at radius 1 is 1.26 bits per heavy atom. The number of rotatable bonds is 3. The highest BCUT2D eigenvalue weighted by molar-refractivity contribution is 9.10. The summed E-state index contributed by atoms with van der Waals surface area (Å²) in [6.45, 7) is 5.71. The number of hydrogen-bond acceptors (Lipinski definition) is 3. The van der Waals surface area contributed by atoms with Gasteiger partial charge in [-0.1, -0.05) is 34.1 Å². The van der Waals surface area contributed by atoms with E-state index in [1.807, 2.05) is 50.2 Å². The zero-order valence-electron chi connectivity index (χ0n) is 13.2. The predicted molar refractivity (Wildman–Crippen MR) is 95.4 cm³/mol. The van der Waals surface area contributed by atoms with Gasteiger partial charge in [0, 0.05) is 11.5 Å². The number of benzene rings is 1. The van der Waals surface area contributed by atoms with Crippen LogP contribution in [0.3, 0.4) is 0 Å². The van der Waals surface area contributed by atoms with Gasteiger partial charge in [0.1, 0.15) is 5.82 Å². The van der Waals surface area contributed by atoms with Crippen molar-refractivity contribution in [3.05, 3.63) is 47.7 Å². The number of alkyl halides is 1. The predicted octanol–water partition coefficient (Wildman–Crippen LogP) is 3.76. The largest absolute Gasteiger partial charge is 0.310 e. The van der Waals surface area contributed by atoms with Crippen LogP contribution in [-0.2, 0) is 4.79 Å². The van der Waals surface area contributed by atoms with Gasteiger partial charge in [-0.15, -0.1) is 0 Å². The van der Waals surface area contributed by atoms with E-state index in [-0.39, 0.29) is 10.7 Å². The molecule has 1 amide bonds. The van der Waals surface area contributed by atoms with Crippen LogP contribution in [0.4, 0.5) is 5.82 Å². The van der Waals surface area contributed by atoms with Crippen LogP contribution in [0.1, 0.15) is 18.2 Å². The van der Waals surface area contributed by atoms with Crippen LogP contribution in [0.2, 0.25) is 0 Å². The summed E-state index contributed by atoms with van der Waals surface area (Å²) in [6.07, 6.45) is 0. The molecule has 23 heavy (non-hydrogen) atoms. The van der Waals surface area contributed by atoms with E-state index in [1.165, 1.54) is 0 Å². The van der Waals surface area contributed by atoms with Crippen molar-refractivity contribution in [2.45, 2.75) is 25.6 Å². The molecule has 1 N–H and O–H groups in total. The molecule has 2 aromatic heterocycles. The maximum absolute atomic E-state index is 12.0. The minimum Gasteiger partial charge on any atom is -0.310 e. The van der Waals surface area contributed by atoms with Crippen molar-refractivity contribution in [3.8, 4) is 5.82 Å². The van der Waals surface area contributed by atoms with Gasteiger partial charge in [0.05, 0.1) is 16.0 Å². The van der Waals surface area contributed by atoms with Crippen molar-refractivity contribution in [3.63, 3.8) is 0 Å². The van der Waals surface area contributed by atoms with E-state index in [9.17, 15) is 4.79 Å². The van der Waals surface area contributed by atoms with Crippen molar-refractivity contribution < 1.29 is 4.79 Å². The van der Waals surface area contributed by atoms with Gasteiger partial charge in [-0.2, -0.15) is 9.78 Å². The standard InChI is InChI=1S/C17H17BrN4O/c1-10-8-15(19-14-7-5-4-6-13(10)14)22-16(9-11(2)21-22)20-17(23)12(3)18/h4-9,12H,1-3H3,(H,20,23). The molecule has 0 saturated carbocycles. The van der Waals surface area contributed by atoms with Gasteiger partial charge in [-0.25, -0.2) is 4.98 Å². The number of carbonyl (C=O) groups excluding carboxylic acids is 1. The quantitative estimate of drug-likeness (QED) is 0.712. The Balaban J connectivity index is 2.10. The zero-order valence-corrected chi connectivity index (χ0v) is 14.8. The minimum absolute atomic E-state index is 0.122. The summed E-state index contributed by atoms with van der Waals surface area (Å²) in [5.41, 5.74) is 2.84. The van der Waals surface area contributed by atoms with E-state index >= 15 is 0 Å². The Hall–Kier alpha value is -2.21. The molecule has 1 atom stereocenters. The van der Waals surface area contributed by atoms with Crippen LogP contribution in [0.5, 0.6) is 0 Å². The summed E-state index contributed by atoms with van der Waals surface area (Å²) in [5, 5.41) is 8.45. The highest BCUT2D eigenvalue weighted by atomic mass is 79.9. The molecule has 5 nitrogen and oxygen atoms in total. The van der Waals surface area contributed by atoms with Crippen molar-refractivity contribution in [2.24, 2.45) is 0 Å². The minimum atomic E-state index is -0.280. The number of nitrogens with zero attached hydrogens (tertiary/aromatic N) is 3. The summed E-state index contributed by atoms with van der Waals surface area (Å²) >= 11 is 3.27. The number of halogens is 1. The Kier molecular flexibility index (Phi) is 4.17. The average Bonchev–Trinajstić information content (AvgIpc) is 2.87. The molecular weight excluding hydrogens is 356 g/mol. The zero-order chi connectivity index (χ0) is 16.6. The fourth-order valence-electron chi connectivity index (χ4n) is 2.43. The van der Waals surface area contributed by atoms with Crippen molar-refractivity contribution in [2.75, 3.05) is 5.32 Å². The molecule has 0 bridgehead atoms. The fraction of sp³-hybridized carbons (Fsp3) is 0.235. The molecule has 0 fully saturated rings. The highest BCUT2D eigenvalue weighted by Crippen LogP contribution is 2.22. The Morgan fingerprint density at radius 2 is 2.00 bits per heavy atom. The number of carbonyl (C=O) groups is 1. The lowest BCUT2D eigenvalue weighted by Gasteiger charge is -2.11. The van der Waals surface area contributed by atoms with Gasteiger partial charge in [0.15, 0.2) is 5.82 Å². The number of anilines is 1. The van der Waals surface area contributed by atoms with Crippen molar-refractivity contribution in [1.29, 1.82) is 0 Å². The lowest BCUT2D eigenvalue weighted by atomic mass is 10.1. The van der Waals surface area contributed by atoms with Crippen molar-refractivity contribution in [1.82, 2.24) is 14.8 Å². The molecule has 0 spiro atoms. The number of fused-ring (bicyclic) bond motifs is 1. The van der Waals surface area contributed by atoms with Crippen LogP contribution in [0.15, 0.2) is 36.4 Å².